The topological polar surface area (TPSA) is 113 Å². The summed E-state index contributed by atoms with van der Waals surface area (Å²) >= 11 is 0. The normalized spacial score (nSPS) is 11.2. The molecule has 8 heteroatoms. The second-order valence-corrected chi connectivity index (χ2v) is 6.94. The Morgan fingerprint density at radius 3 is 2.30 bits per heavy atom. The molecule has 0 saturated carbocycles. The number of benzene rings is 1. The molecule has 0 atom stereocenters. The summed E-state index contributed by atoms with van der Waals surface area (Å²) in [6.45, 7) is 0.464. The van der Waals surface area contributed by atoms with Crippen molar-refractivity contribution in [2.75, 3.05) is 13.6 Å². The van der Waals surface area contributed by atoms with Crippen molar-refractivity contribution in [1.82, 2.24) is 10.0 Å². The number of sulfonamides is 1. The first kappa shape index (κ1) is 19.1. The average molecular weight is 342 g/mol. The molecule has 128 valence electrons. The number of aryl methyl sites for hydroxylation is 1. The molecule has 1 aromatic rings. The van der Waals surface area contributed by atoms with Crippen molar-refractivity contribution in [2.24, 2.45) is 0 Å². The summed E-state index contributed by atoms with van der Waals surface area (Å²) in [6.07, 6.45) is 2.10. The first-order valence-corrected chi connectivity index (χ1v) is 8.84. The summed E-state index contributed by atoms with van der Waals surface area (Å²) in [5, 5.41) is 11.2. The lowest BCUT2D eigenvalue weighted by molar-refractivity contribution is -0.137. The third-order valence-corrected chi connectivity index (χ3v) is 4.71. The van der Waals surface area contributed by atoms with Crippen LogP contribution in [0.2, 0.25) is 0 Å². The quantitative estimate of drug-likeness (QED) is 0.547. The lowest BCUT2D eigenvalue weighted by Crippen LogP contribution is -2.24. The Bertz CT molecular complexity index is 626. The molecule has 0 heterocycles. The fraction of sp³-hybridized carbons (Fsp3) is 0.467. The zero-order valence-electron chi connectivity index (χ0n) is 13.0. The number of carbonyl (C=O) groups is 2. The molecule has 1 rings (SSSR count). The highest BCUT2D eigenvalue weighted by Gasteiger charge is 2.10. The molecule has 0 aliphatic rings. The number of carbonyl (C=O) groups excluding carboxylic acids is 1. The summed E-state index contributed by atoms with van der Waals surface area (Å²) in [6, 6.07) is 6.38. The number of nitrogens with one attached hydrogen (secondary N) is 2. The van der Waals surface area contributed by atoms with Crippen LogP contribution in [0.4, 0.5) is 0 Å². The minimum Gasteiger partial charge on any atom is -0.481 e. The van der Waals surface area contributed by atoms with Crippen LogP contribution in [0.25, 0.3) is 0 Å². The number of carboxylic acid groups (broad SMARTS) is 1. The van der Waals surface area contributed by atoms with Crippen molar-refractivity contribution in [3.63, 3.8) is 0 Å². The van der Waals surface area contributed by atoms with E-state index in [-0.39, 0.29) is 17.2 Å². The van der Waals surface area contributed by atoms with Gasteiger partial charge in [-0.1, -0.05) is 12.1 Å². The van der Waals surface area contributed by atoms with E-state index in [1.54, 1.807) is 12.1 Å². The number of carboxylic acids is 1. The van der Waals surface area contributed by atoms with Crippen LogP contribution >= 0.6 is 0 Å². The van der Waals surface area contributed by atoms with Gasteiger partial charge < -0.3 is 10.4 Å². The Morgan fingerprint density at radius 1 is 1.09 bits per heavy atom. The van der Waals surface area contributed by atoms with Crippen molar-refractivity contribution in [2.45, 2.75) is 37.0 Å². The van der Waals surface area contributed by atoms with Crippen LogP contribution in [0.5, 0.6) is 0 Å². The van der Waals surface area contributed by atoms with Crippen LogP contribution in [0.3, 0.4) is 0 Å². The van der Waals surface area contributed by atoms with Gasteiger partial charge in [-0.3, -0.25) is 9.59 Å². The summed E-state index contributed by atoms with van der Waals surface area (Å²) in [5.41, 5.74) is 0.876. The van der Waals surface area contributed by atoms with Gasteiger partial charge in [0, 0.05) is 19.4 Å². The van der Waals surface area contributed by atoms with E-state index in [1.807, 2.05) is 0 Å². The fourth-order valence-corrected chi connectivity index (χ4v) is 2.66. The Morgan fingerprint density at radius 2 is 1.74 bits per heavy atom. The van der Waals surface area contributed by atoms with Gasteiger partial charge in [0.25, 0.3) is 0 Å². The van der Waals surface area contributed by atoms with E-state index < -0.39 is 16.0 Å². The van der Waals surface area contributed by atoms with E-state index in [0.717, 1.165) is 5.56 Å². The van der Waals surface area contributed by atoms with Crippen LogP contribution in [-0.4, -0.2) is 39.0 Å². The molecule has 0 fully saturated rings. The number of rotatable bonds is 10. The zero-order valence-corrected chi connectivity index (χ0v) is 13.9. The maximum Gasteiger partial charge on any atom is 0.303 e. The molecule has 0 aromatic heterocycles. The summed E-state index contributed by atoms with van der Waals surface area (Å²) in [4.78, 5) is 22.2. The van der Waals surface area contributed by atoms with Crippen LogP contribution in [-0.2, 0) is 26.0 Å². The predicted molar refractivity (Wildman–Crippen MR) is 85.5 cm³/mol. The van der Waals surface area contributed by atoms with Crippen LogP contribution in [0.1, 0.15) is 31.2 Å². The highest BCUT2D eigenvalue weighted by molar-refractivity contribution is 7.89. The highest BCUT2D eigenvalue weighted by atomic mass is 32.2. The molecule has 0 saturated heterocycles. The van der Waals surface area contributed by atoms with Gasteiger partial charge in [-0.05, 0) is 44.0 Å². The Hall–Kier alpha value is -1.93. The van der Waals surface area contributed by atoms with E-state index in [0.29, 0.717) is 32.2 Å². The molecule has 0 aliphatic heterocycles. The van der Waals surface area contributed by atoms with Gasteiger partial charge in [-0.2, -0.15) is 0 Å². The molecular weight excluding hydrogens is 320 g/mol. The average Bonchev–Trinajstić information content (AvgIpc) is 2.52. The Balaban J connectivity index is 2.32. The van der Waals surface area contributed by atoms with Crippen molar-refractivity contribution < 1.29 is 23.1 Å². The predicted octanol–water partition coefficient (Wildman–Crippen LogP) is 0.898. The van der Waals surface area contributed by atoms with E-state index in [1.165, 1.54) is 19.2 Å². The van der Waals surface area contributed by atoms with Gasteiger partial charge in [0.1, 0.15) is 0 Å². The molecule has 0 unspecified atom stereocenters. The lowest BCUT2D eigenvalue weighted by Gasteiger charge is -2.06. The van der Waals surface area contributed by atoms with Crippen molar-refractivity contribution >= 4 is 21.9 Å². The molecule has 1 aromatic carbocycles. The van der Waals surface area contributed by atoms with Crippen LogP contribution in [0, 0.1) is 0 Å². The van der Waals surface area contributed by atoms with Crippen molar-refractivity contribution in [3.05, 3.63) is 29.8 Å². The minimum atomic E-state index is -3.44. The summed E-state index contributed by atoms with van der Waals surface area (Å²) in [7, 11) is -2.09. The number of hydrogen-bond acceptors (Lipinski definition) is 4. The van der Waals surface area contributed by atoms with Crippen molar-refractivity contribution in [3.8, 4) is 0 Å². The number of aliphatic carboxylic acids is 1. The van der Waals surface area contributed by atoms with Gasteiger partial charge in [0.15, 0.2) is 0 Å². The van der Waals surface area contributed by atoms with Gasteiger partial charge >= 0.3 is 5.97 Å². The first-order valence-electron chi connectivity index (χ1n) is 7.36. The minimum absolute atomic E-state index is 0.104. The van der Waals surface area contributed by atoms with Gasteiger partial charge in [-0.15, -0.1) is 0 Å². The second-order valence-electron chi connectivity index (χ2n) is 5.05. The molecule has 3 N–H and O–H groups in total. The summed E-state index contributed by atoms with van der Waals surface area (Å²) in [5.74, 6) is -0.938. The lowest BCUT2D eigenvalue weighted by atomic mass is 10.1. The van der Waals surface area contributed by atoms with E-state index in [4.69, 9.17) is 5.11 Å². The number of hydrogen-bond donors (Lipinski definition) is 3. The third kappa shape index (κ3) is 7.25. The van der Waals surface area contributed by atoms with Crippen LogP contribution in [0.15, 0.2) is 29.2 Å². The van der Waals surface area contributed by atoms with Gasteiger partial charge in [-0.25, -0.2) is 13.1 Å². The first-order chi connectivity index (χ1) is 10.8. The van der Waals surface area contributed by atoms with Crippen LogP contribution < -0.4 is 10.0 Å². The molecule has 7 nitrogen and oxygen atoms in total. The Kier molecular flexibility index (Phi) is 7.70. The van der Waals surface area contributed by atoms with Gasteiger partial charge in [0.2, 0.25) is 15.9 Å². The molecule has 0 aliphatic carbocycles. The van der Waals surface area contributed by atoms with E-state index >= 15 is 0 Å². The zero-order chi connectivity index (χ0) is 17.3. The maximum absolute atomic E-state index is 11.7. The second kappa shape index (κ2) is 9.26. The summed E-state index contributed by atoms with van der Waals surface area (Å²) < 4.78 is 25.4. The van der Waals surface area contributed by atoms with E-state index in [2.05, 4.69) is 10.0 Å². The SMILES string of the molecule is CNS(=O)(=O)c1ccc(CCC(=O)NCCCCC(=O)O)cc1. The smallest absolute Gasteiger partial charge is 0.303 e. The molecule has 0 bridgehead atoms. The molecular formula is C15H22N2O5S. The molecule has 23 heavy (non-hydrogen) atoms. The molecule has 1 amide bonds. The maximum atomic E-state index is 11.7. The third-order valence-electron chi connectivity index (χ3n) is 3.28. The Labute approximate surface area is 136 Å². The number of unbranched alkanes of at least 4 members (excludes halogenated alkanes) is 1. The largest absolute Gasteiger partial charge is 0.481 e. The number of amides is 1. The highest BCUT2D eigenvalue weighted by Crippen LogP contribution is 2.11. The molecule has 0 spiro atoms. The van der Waals surface area contributed by atoms with Gasteiger partial charge in [0.05, 0.1) is 4.90 Å². The fourth-order valence-electron chi connectivity index (χ4n) is 1.93. The standard InChI is InChI=1S/C15H22N2O5S/c1-16-23(21,22)13-8-5-12(6-9-13)7-10-14(18)17-11-3-2-4-15(19)20/h5-6,8-9,16H,2-4,7,10-11H2,1H3,(H,17,18)(H,19,20). The van der Waals surface area contributed by atoms with Crippen molar-refractivity contribution in [1.29, 1.82) is 0 Å². The monoisotopic (exact) mass is 342 g/mol. The molecule has 0 radical (unpaired) electrons. The van der Waals surface area contributed by atoms with E-state index in [9.17, 15) is 18.0 Å².